The molecule has 0 atom stereocenters. The molecule has 0 bridgehead atoms. The topological polar surface area (TPSA) is 17.8 Å². The van der Waals surface area contributed by atoms with Gasteiger partial charge in [0.1, 0.15) is 5.82 Å². The lowest BCUT2D eigenvalue weighted by Crippen LogP contribution is -2.02. The monoisotopic (exact) mass is 626 g/mol. The Kier molecular flexibility index (Phi) is 6.95. The summed E-state index contributed by atoms with van der Waals surface area (Å²) in [6.07, 6.45) is 4.30. The molecule has 0 amide bonds. The lowest BCUT2D eigenvalue weighted by Gasteiger charge is -2.14. The summed E-state index contributed by atoms with van der Waals surface area (Å²) in [5.41, 5.74) is 10.3. The first-order chi connectivity index (χ1) is 24.2. The highest BCUT2D eigenvalue weighted by molar-refractivity contribution is 6.25. The summed E-state index contributed by atoms with van der Waals surface area (Å²) >= 11 is 0. The average molecular weight is 627 g/mol. The summed E-state index contributed by atoms with van der Waals surface area (Å²) in [6, 6.07) is 57.0. The molecule has 232 valence electrons. The molecule has 7 aromatic carbocycles. The molecular weight excluding hydrogens is 593 g/mol. The molecule has 2 aromatic heterocycles. The maximum absolute atomic E-state index is 5.28. The van der Waals surface area contributed by atoms with Crippen molar-refractivity contribution in [3.63, 3.8) is 0 Å². The van der Waals surface area contributed by atoms with E-state index >= 15 is 0 Å². The van der Waals surface area contributed by atoms with Crippen molar-refractivity contribution < 1.29 is 0 Å². The number of hydrogen-bond donors (Lipinski definition) is 0. The number of para-hydroxylation sites is 1. The third kappa shape index (κ3) is 4.84. The summed E-state index contributed by atoms with van der Waals surface area (Å²) in [7, 11) is 0. The molecule has 2 heterocycles. The molecule has 0 aliphatic rings. The standard InChI is InChI=1S/C47H34N2/c1-3-13-45-31(2)37-16-11-12-21-46(37)49(45)47-30-36(29-44(48-47)34-14-5-4-6-15-34)33-24-22-32(23-25-33)35-26-27-42-40-19-8-7-17-38(40)39-18-9-10-20-41(39)43(42)28-35/h3-30H,1-2H3/b13-3-. The van der Waals surface area contributed by atoms with Gasteiger partial charge in [-0.15, -0.1) is 0 Å². The minimum absolute atomic E-state index is 0.909. The molecule has 2 nitrogen and oxygen atoms in total. The number of aromatic nitrogens is 2. The highest BCUT2D eigenvalue weighted by Crippen LogP contribution is 2.38. The number of hydrogen-bond acceptors (Lipinski definition) is 1. The summed E-state index contributed by atoms with van der Waals surface area (Å²) in [5.74, 6) is 0.909. The number of pyridine rings is 1. The molecule has 0 fully saturated rings. The third-order valence-corrected chi connectivity index (χ3v) is 9.90. The number of rotatable bonds is 5. The van der Waals surface area contributed by atoms with E-state index in [1.54, 1.807) is 0 Å². The van der Waals surface area contributed by atoms with Crippen LogP contribution in [-0.2, 0) is 0 Å². The molecule has 0 N–H and O–H groups in total. The predicted molar refractivity (Wildman–Crippen MR) is 209 cm³/mol. The van der Waals surface area contributed by atoms with Crippen molar-refractivity contribution in [3.8, 4) is 39.3 Å². The molecule has 0 aliphatic carbocycles. The van der Waals surface area contributed by atoms with Crippen LogP contribution >= 0.6 is 0 Å². The van der Waals surface area contributed by atoms with E-state index in [-0.39, 0.29) is 0 Å². The lowest BCUT2D eigenvalue weighted by molar-refractivity contribution is 1.03. The van der Waals surface area contributed by atoms with Crippen LogP contribution in [0, 0.1) is 6.92 Å². The van der Waals surface area contributed by atoms with E-state index in [2.05, 4.69) is 188 Å². The molecule has 9 rings (SSSR count). The van der Waals surface area contributed by atoms with E-state index in [1.165, 1.54) is 54.4 Å². The molecular formula is C47H34N2. The van der Waals surface area contributed by atoms with Gasteiger partial charge in [-0.1, -0.05) is 140 Å². The second-order valence-corrected chi connectivity index (χ2v) is 12.8. The SMILES string of the molecule is C/C=C\c1c(C)c2ccccc2n1-c1cc(-c2ccc(-c3ccc4c5ccccc5c5ccccc5c4c3)cc2)cc(-c2ccccc2)n1. The zero-order chi connectivity index (χ0) is 32.9. The molecule has 0 spiro atoms. The van der Waals surface area contributed by atoms with Gasteiger partial charge in [-0.3, -0.25) is 4.57 Å². The number of allylic oxidation sites excluding steroid dienone is 1. The summed E-state index contributed by atoms with van der Waals surface area (Å²) in [4.78, 5) is 5.28. The van der Waals surface area contributed by atoms with Crippen LogP contribution in [0.1, 0.15) is 18.2 Å². The molecule has 49 heavy (non-hydrogen) atoms. The Bertz CT molecular complexity index is 2680. The van der Waals surface area contributed by atoms with Gasteiger partial charge >= 0.3 is 0 Å². The summed E-state index contributed by atoms with van der Waals surface area (Å²) in [5, 5.41) is 9.00. The molecule has 0 aliphatic heterocycles. The van der Waals surface area contributed by atoms with E-state index in [9.17, 15) is 0 Å². The second-order valence-electron chi connectivity index (χ2n) is 12.8. The first kappa shape index (κ1) is 28.9. The minimum atomic E-state index is 0.909. The summed E-state index contributed by atoms with van der Waals surface area (Å²) in [6.45, 7) is 4.27. The van der Waals surface area contributed by atoms with Crippen molar-refractivity contribution >= 4 is 49.3 Å². The lowest BCUT2D eigenvalue weighted by atomic mass is 9.92. The van der Waals surface area contributed by atoms with Gasteiger partial charge in [0, 0.05) is 10.9 Å². The van der Waals surface area contributed by atoms with E-state index in [0.29, 0.717) is 0 Å². The van der Waals surface area contributed by atoms with Crippen LogP contribution < -0.4 is 0 Å². The quantitative estimate of drug-likeness (QED) is 0.174. The van der Waals surface area contributed by atoms with Crippen molar-refractivity contribution in [1.82, 2.24) is 9.55 Å². The van der Waals surface area contributed by atoms with Crippen LogP contribution in [0.5, 0.6) is 0 Å². The van der Waals surface area contributed by atoms with E-state index in [4.69, 9.17) is 4.98 Å². The molecule has 0 radical (unpaired) electrons. The van der Waals surface area contributed by atoms with Gasteiger partial charge in [-0.05, 0) is 104 Å². The van der Waals surface area contributed by atoms with Crippen molar-refractivity contribution in [2.45, 2.75) is 13.8 Å². The van der Waals surface area contributed by atoms with Gasteiger partial charge in [-0.2, -0.15) is 0 Å². The first-order valence-corrected chi connectivity index (χ1v) is 16.9. The molecule has 2 heteroatoms. The van der Waals surface area contributed by atoms with Gasteiger partial charge in [0.05, 0.1) is 16.9 Å². The molecule has 0 saturated carbocycles. The van der Waals surface area contributed by atoms with Gasteiger partial charge in [0.2, 0.25) is 0 Å². The van der Waals surface area contributed by atoms with Crippen molar-refractivity contribution in [2.75, 3.05) is 0 Å². The Morgan fingerprint density at radius 1 is 0.449 bits per heavy atom. The minimum Gasteiger partial charge on any atom is -0.294 e. The van der Waals surface area contributed by atoms with Gasteiger partial charge in [-0.25, -0.2) is 4.98 Å². The summed E-state index contributed by atoms with van der Waals surface area (Å²) < 4.78 is 2.30. The fourth-order valence-electron chi connectivity index (χ4n) is 7.52. The van der Waals surface area contributed by atoms with Crippen LogP contribution in [0.15, 0.2) is 164 Å². The van der Waals surface area contributed by atoms with Crippen LogP contribution in [0.2, 0.25) is 0 Å². The van der Waals surface area contributed by atoms with E-state index in [1.807, 2.05) is 0 Å². The fraction of sp³-hybridized carbons (Fsp3) is 0.0426. The Balaban J connectivity index is 1.19. The van der Waals surface area contributed by atoms with Crippen molar-refractivity contribution in [2.24, 2.45) is 0 Å². The van der Waals surface area contributed by atoms with Crippen LogP contribution in [0.3, 0.4) is 0 Å². The predicted octanol–water partition coefficient (Wildman–Crippen LogP) is 12.8. The normalized spacial score (nSPS) is 11.8. The Hall–Kier alpha value is -6.25. The Labute approximate surface area is 286 Å². The zero-order valence-corrected chi connectivity index (χ0v) is 27.6. The van der Waals surface area contributed by atoms with E-state index < -0.39 is 0 Å². The third-order valence-electron chi connectivity index (χ3n) is 9.90. The highest BCUT2D eigenvalue weighted by atomic mass is 15.1. The second kappa shape index (κ2) is 11.8. The van der Waals surface area contributed by atoms with Crippen LogP contribution in [0.4, 0.5) is 0 Å². The highest BCUT2D eigenvalue weighted by Gasteiger charge is 2.17. The van der Waals surface area contributed by atoms with Crippen LogP contribution in [-0.4, -0.2) is 9.55 Å². The largest absolute Gasteiger partial charge is 0.294 e. The maximum Gasteiger partial charge on any atom is 0.138 e. The van der Waals surface area contributed by atoms with Crippen molar-refractivity contribution in [3.05, 3.63) is 175 Å². The first-order valence-electron chi connectivity index (χ1n) is 16.9. The van der Waals surface area contributed by atoms with Gasteiger partial charge in [0.25, 0.3) is 0 Å². The van der Waals surface area contributed by atoms with Crippen LogP contribution in [0.25, 0.3) is 88.6 Å². The number of nitrogens with zero attached hydrogens (tertiary/aromatic N) is 2. The molecule has 9 aromatic rings. The number of benzene rings is 7. The number of aryl methyl sites for hydroxylation is 1. The smallest absolute Gasteiger partial charge is 0.138 e. The molecule has 0 unspecified atom stereocenters. The number of fused-ring (bicyclic) bond motifs is 7. The fourth-order valence-corrected chi connectivity index (χ4v) is 7.52. The van der Waals surface area contributed by atoms with E-state index in [0.717, 1.165) is 39.4 Å². The van der Waals surface area contributed by atoms with Gasteiger partial charge in [0.15, 0.2) is 0 Å². The van der Waals surface area contributed by atoms with Crippen molar-refractivity contribution in [1.29, 1.82) is 0 Å². The average Bonchev–Trinajstić information content (AvgIpc) is 3.45. The maximum atomic E-state index is 5.28. The van der Waals surface area contributed by atoms with Gasteiger partial charge < -0.3 is 0 Å². The Morgan fingerprint density at radius 3 is 1.63 bits per heavy atom. The molecule has 0 saturated heterocycles. The zero-order valence-electron chi connectivity index (χ0n) is 27.6. The Morgan fingerprint density at radius 2 is 0.980 bits per heavy atom.